The molecule has 3 rings (SSSR count). The first kappa shape index (κ1) is 19.3. The lowest BCUT2D eigenvalue weighted by Gasteiger charge is -2.27. The van der Waals surface area contributed by atoms with Crippen LogP contribution in [0, 0.1) is 11.6 Å². The molecule has 1 atom stereocenters. The average Bonchev–Trinajstić information content (AvgIpc) is 2.93. The number of carbonyl (C=O) groups is 1. The van der Waals surface area contributed by atoms with Crippen LogP contribution in [-0.4, -0.2) is 43.0 Å². The first-order valence-electron chi connectivity index (χ1n) is 9.30. The zero-order valence-electron chi connectivity index (χ0n) is 15.5. The minimum Gasteiger partial charge on any atom is -0.370 e. The van der Waals surface area contributed by atoms with Crippen LogP contribution < -0.4 is 10.2 Å². The largest absolute Gasteiger partial charge is 0.370 e. The van der Waals surface area contributed by atoms with Gasteiger partial charge in [0.15, 0.2) is 0 Å². The fraction of sp³-hybridized carbons (Fsp3) is 0.381. The van der Waals surface area contributed by atoms with Crippen LogP contribution in [0.4, 0.5) is 14.5 Å². The molecule has 1 aliphatic heterocycles. The predicted molar refractivity (Wildman–Crippen MR) is 103 cm³/mol. The molecule has 1 unspecified atom stereocenters. The summed E-state index contributed by atoms with van der Waals surface area (Å²) in [4.78, 5) is 16.8. The molecule has 0 aliphatic carbocycles. The molecule has 4 nitrogen and oxygen atoms in total. The molecular formula is C21H25F2N3O. The maximum atomic E-state index is 13.7. The zero-order chi connectivity index (χ0) is 19.2. The maximum Gasteiger partial charge on any atom is 0.237 e. The van der Waals surface area contributed by atoms with Crippen molar-refractivity contribution < 1.29 is 13.6 Å². The topological polar surface area (TPSA) is 35.6 Å². The summed E-state index contributed by atoms with van der Waals surface area (Å²) in [5.41, 5.74) is 1.48. The van der Waals surface area contributed by atoms with Crippen LogP contribution in [0.15, 0.2) is 48.5 Å². The van der Waals surface area contributed by atoms with Crippen molar-refractivity contribution in [1.82, 2.24) is 10.2 Å². The van der Waals surface area contributed by atoms with E-state index in [2.05, 4.69) is 15.1 Å². The Morgan fingerprint density at radius 3 is 2.52 bits per heavy atom. The van der Waals surface area contributed by atoms with E-state index in [0.29, 0.717) is 5.56 Å². The number of rotatable bonds is 5. The van der Waals surface area contributed by atoms with Gasteiger partial charge in [-0.15, -0.1) is 0 Å². The summed E-state index contributed by atoms with van der Waals surface area (Å²) in [7, 11) is 0. The number of nitrogens with zero attached hydrogens (tertiary/aromatic N) is 2. The molecule has 0 radical (unpaired) electrons. The minimum atomic E-state index is -0.310. The summed E-state index contributed by atoms with van der Waals surface area (Å²) >= 11 is 0. The van der Waals surface area contributed by atoms with Crippen LogP contribution in [0.5, 0.6) is 0 Å². The number of hydrogen-bond acceptors (Lipinski definition) is 3. The molecule has 2 aromatic carbocycles. The number of benzene rings is 2. The molecule has 0 bridgehead atoms. The van der Waals surface area contributed by atoms with Crippen molar-refractivity contribution in [2.75, 3.05) is 31.1 Å². The van der Waals surface area contributed by atoms with E-state index in [1.165, 1.54) is 18.2 Å². The lowest BCUT2D eigenvalue weighted by atomic mass is 10.2. The minimum absolute atomic E-state index is 0.103. The zero-order valence-corrected chi connectivity index (χ0v) is 15.5. The number of halogens is 2. The molecule has 0 spiro atoms. The lowest BCUT2D eigenvalue weighted by molar-refractivity contribution is -0.126. The molecule has 1 heterocycles. The van der Waals surface area contributed by atoms with Crippen LogP contribution in [0.3, 0.4) is 0 Å². The van der Waals surface area contributed by atoms with Crippen molar-refractivity contribution in [3.05, 3.63) is 65.7 Å². The second-order valence-corrected chi connectivity index (χ2v) is 6.84. The van der Waals surface area contributed by atoms with E-state index in [-0.39, 0.29) is 30.1 Å². The normalized spacial score (nSPS) is 16.6. The summed E-state index contributed by atoms with van der Waals surface area (Å²) < 4.78 is 26.8. The molecule has 1 fully saturated rings. The predicted octanol–water partition coefficient (Wildman–Crippen LogP) is 3.18. The Labute approximate surface area is 158 Å². The van der Waals surface area contributed by atoms with Gasteiger partial charge in [-0.2, -0.15) is 0 Å². The highest BCUT2D eigenvalue weighted by Crippen LogP contribution is 2.18. The van der Waals surface area contributed by atoms with E-state index >= 15 is 0 Å². The number of amides is 1. The molecule has 1 N–H and O–H groups in total. The number of anilines is 1. The van der Waals surface area contributed by atoms with Gasteiger partial charge in [-0.05, 0) is 43.7 Å². The quantitative estimate of drug-likeness (QED) is 0.874. The Bertz CT molecular complexity index is 766. The van der Waals surface area contributed by atoms with Crippen molar-refractivity contribution in [1.29, 1.82) is 0 Å². The first-order chi connectivity index (χ1) is 13.0. The van der Waals surface area contributed by atoms with E-state index in [4.69, 9.17) is 0 Å². The van der Waals surface area contributed by atoms with Crippen LogP contribution in [-0.2, 0) is 11.3 Å². The van der Waals surface area contributed by atoms with Gasteiger partial charge in [0, 0.05) is 44.0 Å². The molecule has 0 saturated carbocycles. The van der Waals surface area contributed by atoms with Crippen molar-refractivity contribution in [3.8, 4) is 0 Å². The van der Waals surface area contributed by atoms with Gasteiger partial charge in [0.05, 0.1) is 6.04 Å². The Hall–Kier alpha value is -2.47. The highest BCUT2D eigenvalue weighted by Gasteiger charge is 2.24. The van der Waals surface area contributed by atoms with Gasteiger partial charge in [-0.3, -0.25) is 9.69 Å². The Morgan fingerprint density at radius 1 is 1.04 bits per heavy atom. The van der Waals surface area contributed by atoms with Gasteiger partial charge in [-0.25, -0.2) is 8.78 Å². The summed E-state index contributed by atoms with van der Waals surface area (Å²) in [6, 6.07) is 12.7. The first-order valence-corrected chi connectivity index (χ1v) is 9.30. The fourth-order valence-corrected chi connectivity index (χ4v) is 3.37. The van der Waals surface area contributed by atoms with Gasteiger partial charge >= 0.3 is 0 Å². The third-order valence-corrected chi connectivity index (χ3v) is 5.06. The standard InChI is InChI=1S/C21H25F2N3O/c1-16(21(27)24-15-17-5-2-3-6-20(17)23)25-11-4-12-26(14-13-25)19-9-7-18(22)8-10-19/h2-3,5-10,16H,4,11-15H2,1H3,(H,24,27). The van der Waals surface area contributed by atoms with Crippen LogP contribution in [0.25, 0.3) is 0 Å². The number of nitrogens with one attached hydrogen (secondary N) is 1. The molecule has 1 amide bonds. The second kappa shape index (κ2) is 8.95. The van der Waals surface area contributed by atoms with Crippen molar-refractivity contribution >= 4 is 11.6 Å². The van der Waals surface area contributed by atoms with Gasteiger partial charge in [0.2, 0.25) is 5.91 Å². The van der Waals surface area contributed by atoms with Crippen molar-refractivity contribution in [2.45, 2.75) is 25.9 Å². The summed E-state index contributed by atoms with van der Waals surface area (Å²) in [5, 5.41) is 2.83. The number of carbonyl (C=O) groups excluding carboxylic acids is 1. The second-order valence-electron chi connectivity index (χ2n) is 6.84. The average molecular weight is 373 g/mol. The Balaban J connectivity index is 1.54. The molecule has 6 heteroatoms. The van der Waals surface area contributed by atoms with Crippen LogP contribution >= 0.6 is 0 Å². The molecule has 1 saturated heterocycles. The summed E-state index contributed by atoms with van der Waals surface area (Å²) in [6.07, 6.45) is 0.919. The lowest BCUT2D eigenvalue weighted by Crippen LogP contribution is -2.46. The smallest absolute Gasteiger partial charge is 0.237 e. The monoisotopic (exact) mass is 373 g/mol. The molecule has 1 aliphatic rings. The SMILES string of the molecule is CC(C(=O)NCc1ccccc1F)N1CCCN(c2ccc(F)cc2)CC1. The third kappa shape index (κ3) is 5.04. The summed E-state index contributed by atoms with van der Waals surface area (Å²) in [5.74, 6) is -0.654. The molecule has 144 valence electrons. The van der Waals surface area contributed by atoms with Gasteiger partial charge in [0.1, 0.15) is 11.6 Å². The third-order valence-electron chi connectivity index (χ3n) is 5.06. The van der Waals surface area contributed by atoms with Gasteiger partial charge < -0.3 is 10.2 Å². The highest BCUT2D eigenvalue weighted by atomic mass is 19.1. The molecule has 2 aromatic rings. The van der Waals surface area contributed by atoms with Crippen LogP contribution in [0.2, 0.25) is 0 Å². The molecule has 0 aromatic heterocycles. The van der Waals surface area contributed by atoms with Crippen molar-refractivity contribution in [2.24, 2.45) is 0 Å². The van der Waals surface area contributed by atoms with E-state index in [9.17, 15) is 13.6 Å². The van der Waals surface area contributed by atoms with Crippen LogP contribution in [0.1, 0.15) is 18.9 Å². The number of hydrogen-bond donors (Lipinski definition) is 1. The maximum absolute atomic E-state index is 13.7. The van der Waals surface area contributed by atoms with E-state index in [0.717, 1.165) is 38.3 Å². The Morgan fingerprint density at radius 2 is 1.78 bits per heavy atom. The highest BCUT2D eigenvalue weighted by molar-refractivity contribution is 5.81. The van der Waals surface area contributed by atoms with Gasteiger partial charge in [0.25, 0.3) is 0 Å². The van der Waals surface area contributed by atoms with E-state index in [1.807, 2.05) is 6.92 Å². The summed E-state index contributed by atoms with van der Waals surface area (Å²) in [6.45, 7) is 5.26. The van der Waals surface area contributed by atoms with E-state index in [1.54, 1.807) is 30.3 Å². The molecule has 27 heavy (non-hydrogen) atoms. The molecular weight excluding hydrogens is 348 g/mol. The van der Waals surface area contributed by atoms with Gasteiger partial charge in [-0.1, -0.05) is 18.2 Å². The van der Waals surface area contributed by atoms with Crippen molar-refractivity contribution in [3.63, 3.8) is 0 Å². The Kier molecular flexibility index (Phi) is 6.40. The fourth-order valence-electron chi connectivity index (χ4n) is 3.37. The van der Waals surface area contributed by atoms with E-state index < -0.39 is 0 Å².